The first-order chi connectivity index (χ1) is 12.5. The third kappa shape index (κ3) is 3.31. The number of nitrogens with zero attached hydrogens (tertiary/aromatic N) is 3. The van der Waals surface area contributed by atoms with Crippen molar-refractivity contribution in [2.75, 3.05) is 6.54 Å². The lowest BCUT2D eigenvalue weighted by atomic mass is 10.0. The van der Waals surface area contributed by atoms with E-state index in [1.165, 1.54) is 19.1 Å². The summed E-state index contributed by atoms with van der Waals surface area (Å²) >= 11 is 0. The van der Waals surface area contributed by atoms with Crippen molar-refractivity contribution in [3.63, 3.8) is 0 Å². The molecule has 0 spiro atoms. The molecule has 0 unspecified atom stereocenters. The quantitative estimate of drug-likeness (QED) is 0.622. The maximum Gasteiger partial charge on any atom is 0.534 e. The SMILES string of the molecule is C[C@H]1c2nn(-c3ccccc3)c(OS(=O)(=O)C(F)(F)F)c2CCN1C(=O)O. The molecule has 1 aliphatic rings. The van der Waals surface area contributed by atoms with E-state index in [1.807, 2.05) is 0 Å². The predicted molar refractivity (Wildman–Crippen MR) is 86.0 cm³/mol. The van der Waals surface area contributed by atoms with Crippen molar-refractivity contribution in [2.24, 2.45) is 0 Å². The average molecular weight is 405 g/mol. The number of carboxylic acid groups (broad SMARTS) is 1. The Labute approximate surface area is 151 Å². The first-order valence-electron chi connectivity index (χ1n) is 7.70. The van der Waals surface area contributed by atoms with Crippen LogP contribution in [0.3, 0.4) is 0 Å². The van der Waals surface area contributed by atoms with E-state index in [0.717, 1.165) is 9.58 Å². The molecule has 1 N–H and O–H groups in total. The molecule has 2 aromatic rings. The number of amides is 1. The van der Waals surface area contributed by atoms with E-state index >= 15 is 0 Å². The summed E-state index contributed by atoms with van der Waals surface area (Å²) in [5.74, 6) is -0.592. The molecule has 0 saturated carbocycles. The molecule has 1 aliphatic heterocycles. The summed E-state index contributed by atoms with van der Waals surface area (Å²) in [6, 6.07) is 7.06. The molecule has 0 radical (unpaired) electrons. The summed E-state index contributed by atoms with van der Waals surface area (Å²) in [6.07, 6.45) is -1.26. The zero-order valence-electron chi connectivity index (χ0n) is 13.8. The minimum atomic E-state index is -5.92. The van der Waals surface area contributed by atoms with Crippen LogP contribution in [0.4, 0.5) is 18.0 Å². The molecule has 12 heteroatoms. The van der Waals surface area contributed by atoms with Crippen molar-refractivity contribution < 1.29 is 35.7 Å². The van der Waals surface area contributed by atoms with E-state index in [9.17, 15) is 31.5 Å². The zero-order chi connectivity index (χ0) is 20.0. The molecule has 27 heavy (non-hydrogen) atoms. The summed E-state index contributed by atoms with van der Waals surface area (Å²) in [7, 11) is -5.92. The minimum absolute atomic E-state index is 0.0353. The normalized spacial score (nSPS) is 17.5. The van der Waals surface area contributed by atoms with Gasteiger partial charge in [-0.15, -0.1) is 0 Å². The summed E-state index contributed by atoms with van der Waals surface area (Å²) in [6.45, 7) is 1.48. The van der Waals surface area contributed by atoms with E-state index in [-0.39, 0.29) is 29.9 Å². The molecule has 1 amide bonds. The van der Waals surface area contributed by atoms with E-state index in [1.54, 1.807) is 18.2 Å². The van der Waals surface area contributed by atoms with Crippen LogP contribution in [0, 0.1) is 0 Å². The number of benzene rings is 1. The Morgan fingerprint density at radius 2 is 1.93 bits per heavy atom. The smallest absolute Gasteiger partial charge is 0.465 e. The van der Waals surface area contributed by atoms with Crippen molar-refractivity contribution in [1.29, 1.82) is 0 Å². The Kier molecular flexibility index (Phi) is 4.54. The van der Waals surface area contributed by atoms with Gasteiger partial charge in [0.25, 0.3) is 0 Å². The van der Waals surface area contributed by atoms with Crippen molar-refractivity contribution >= 4 is 16.2 Å². The molecule has 1 atom stereocenters. The molecule has 0 fully saturated rings. The van der Waals surface area contributed by atoms with E-state index in [4.69, 9.17) is 0 Å². The Morgan fingerprint density at radius 3 is 2.48 bits per heavy atom. The van der Waals surface area contributed by atoms with Crippen LogP contribution in [0.5, 0.6) is 5.88 Å². The van der Waals surface area contributed by atoms with Crippen LogP contribution in [0.15, 0.2) is 30.3 Å². The van der Waals surface area contributed by atoms with Crippen molar-refractivity contribution in [2.45, 2.75) is 24.9 Å². The number of rotatable bonds is 3. The summed E-state index contributed by atoms with van der Waals surface area (Å²) < 4.78 is 66.9. The minimum Gasteiger partial charge on any atom is -0.465 e. The monoisotopic (exact) mass is 405 g/mol. The van der Waals surface area contributed by atoms with Gasteiger partial charge in [-0.3, -0.25) is 4.90 Å². The lowest BCUT2D eigenvalue weighted by Crippen LogP contribution is -2.38. The first kappa shape index (κ1) is 19.0. The lowest BCUT2D eigenvalue weighted by molar-refractivity contribution is -0.0502. The van der Waals surface area contributed by atoms with Crippen molar-refractivity contribution in [1.82, 2.24) is 14.7 Å². The second-order valence-electron chi connectivity index (χ2n) is 5.80. The van der Waals surface area contributed by atoms with Gasteiger partial charge in [-0.05, 0) is 25.5 Å². The van der Waals surface area contributed by atoms with Crippen LogP contribution >= 0.6 is 0 Å². The molecular weight excluding hydrogens is 391 g/mol. The van der Waals surface area contributed by atoms with Crippen LogP contribution in [-0.4, -0.2) is 46.4 Å². The highest BCUT2D eigenvalue weighted by atomic mass is 32.2. The molecule has 3 rings (SSSR count). The molecular formula is C15H14F3N3O5S. The van der Waals surface area contributed by atoms with E-state index < -0.39 is 33.6 Å². The Balaban J connectivity index is 2.17. The van der Waals surface area contributed by atoms with Gasteiger partial charge < -0.3 is 9.29 Å². The fraction of sp³-hybridized carbons (Fsp3) is 0.333. The van der Waals surface area contributed by atoms with Crippen LogP contribution in [0.2, 0.25) is 0 Å². The van der Waals surface area contributed by atoms with Gasteiger partial charge in [0.15, 0.2) is 0 Å². The van der Waals surface area contributed by atoms with Gasteiger partial charge in [0.1, 0.15) is 0 Å². The number of alkyl halides is 3. The van der Waals surface area contributed by atoms with Gasteiger partial charge in [-0.2, -0.15) is 31.4 Å². The number of hydrogen-bond acceptors (Lipinski definition) is 5. The third-order valence-electron chi connectivity index (χ3n) is 4.15. The van der Waals surface area contributed by atoms with Crippen LogP contribution in [0.25, 0.3) is 5.69 Å². The highest BCUT2D eigenvalue weighted by Gasteiger charge is 2.50. The maximum absolute atomic E-state index is 12.8. The third-order valence-corrected chi connectivity index (χ3v) is 5.10. The fourth-order valence-corrected chi connectivity index (χ4v) is 3.31. The highest BCUT2D eigenvalue weighted by molar-refractivity contribution is 7.87. The molecule has 0 aliphatic carbocycles. The molecule has 2 heterocycles. The lowest BCUT2D eigenvalue weighted by Gasteiger charge is -2.29. The zero-order valence-corrected chi connectivity index (χ0v) is 14.7. The first-order valence-corrected chi connectivity index (χ1v) is 9.11. The van der Waals surface area contributed by atoms with Crippen molar-refractivity contribution in [3.8, 4) is 11.6 Å². The number of halogens is 3. The molecule has 1 aromatic heterocycles. The second kappa shape index (κ2) is 6.44. The number of hydrogen-bond donors (Lipinski definition) is 1. The van der Waals surface area contributed by atoms with Crippen LogP contribution in [0.1, 0.15) is 24.2 Å². The topological polar surface area (TPSA) is 102 Å². The van der Waals surface area contributed by atoms with Gasteiger partial charge in [-0.1, -0.05) is 18.2 Å². The Bertz CT molecular complexity index is 973. The van der Waals surface area contributed by atoms with E-state index in [0.29, 0.717) is 0 Å². The molecule has 146 valence electrons. The van der Waals surface area contributed by atoms with Gasteiger partial charge in [-0.25, -0.2) is 4.79 Å². The Morgan fingerprint density at radius 1 is 1.30 bits per heavy atom. The average Bonchev–Trinajstić information content (AvgIpc) is 2.93. The van der Waals surface area contributed by atoms with Gasteiger partial charge in [0.05, 0.1) is 17.4 Å². The maximum atomic E-state index is 12.8. The van der Waals surface area contributed by atoms with Gasteiger partial charge in [0, 0.05) is 12.1 Å². The summed E-state index contributed by atoms with van der Waals surface area (Å²) in [5.41, 5.74) is -5.08. The van der Waals surface area contributed by atoms with Gasteiger partial charge >= 0.3 is 21.7 Å². The number of aromatic nitrogens is 2. The standard InChI is InChI=1S/C15H14F3N3O5S/c1-9-12-11(7-8-20(9)14(22)23)13(26-27(24,25)15(16,17)18)21(19-12)10-5-3-2-4-6-10/h2-6,9H,7-8H2,1H3,(H,22,23)/t9-/m0/s1. The largest absolute Gasteiger partial charge is 0.534 e. The van der Waals surface area contributed by atoms with Gasteiger partial charge in [0.2, 0.25) is 5.88 Å². The summed E-state index contributed by atoms with van der Waals surface area (Å²) in [4.78, 5) is 12.4. The molecule has 8 nitrogen and oxygen atoms in total. The number of fused-ring (bicyclic) bond motifs is 1. The molecule has 0 bridgehead atoms. The fourth-order valence-electron chi connectivity index (χ4n) is 2.84. The van der Waals surface area contributed by atoms with Crippen LogP contribution in [-0.2, 0) is 16.5 Å². The number of para-hydroxylation sites is 1. The summed E-state index contributed by atoms with van der Waals surface area (Å²) in [5, 5.41) is 13.4. The Hall–Kier alpha value is -2.76. The highest BCUT2D eigenvalue weighted by Crippen LogP contribution is 2.38. The molecule has 1 aromatic carbocycles. The van der Waals surface area contributed by atoms with E-state index in [2.05, 4.69) is 9.28 Å². The van der Waals surface area contributed by atoms with Crippen LogP contribution < -0.4 is 4.18 Å². The second-order valence-corrected chi connectivity index (χ2v) is 7.34. The molecule has 0 saturated heterocycles. The predicted octanol–water partition coefficient (Wildman–Crippen LogP) is 2.70. The number of carbonyl (C=O) groups is 1. The van der Waals surface area contributed by atoms with Crippen molar-refractivity contribution in [3.05, 3.63) is 41.6 Å².